The van der Waals surface area contributed by atoms with Crippen LogP contribution in [0.25, 0.3) is 0 Å². The van der Waals surface area contributed by atoms with Gasteiger partial charge in [0, 0.05) is 30.3 Å². The first-order chi connectivity index (χ1) is 12.0. The Morgan fingerprint density at radius 3 is 2.60 bits per heavy atom. The van der Waals surface area contributed by atoms with Crippen molar-refractivity contribution in [3.05, 3.63) is 47.8 Å². The van der Waals surface area contributed by atoms with Crippen LogP contribution in [0.3, 0.4) is 0 Å². The minimum atomic E-state index is -0.692. The molecule has 5 nitrogen and oxygen atoms in total. The van der Waals surface area contributed by atoms with Crippen molar-refractivity contribution in [2.24, 2.45) is 0 Å². The number of aliphatic hydroxyl groups is 1. The van der Waals surface area contributed by atoms with Crippen LogP contribution in [0.1, 0.15) is 12.0 Å². The second-order valence-corrected chi connectivity index (χ2v) is 5.28. The molecule has 0 spiro atoms. The maximum absolute atomic E-state index is 13.3. The summed E-state index contributed by atoms with van der Waals surface area (Å²) in [4.78, 5) is 0. The lowest BCUT2D eigenvalue weighted by Crippen LogP contribution is -2.18. The Bertz CT molecular complexity index is 783. The van der Waals surface area contributed by atoms with Crippen molar-refractivity contribution < 1.29 is 24.1 Å². The first-order valence-electron chi connectivity index (χ1n) is 7.65. The summed E-state index contributed by atoms with van der Waals surface area (Å²) in [6.45, 7) is 0.266. The fourth-order valence-corrected chi connectivity index (χ4v) is 2.10. The molecule has 1 atom stereocenters. The number of hydrogen-bond acceptors (Lipinski definition) is 5. The van der Waals surface area contributed by atoms with Crippen molar-refractivity contribution in [1.82, 2.24) is 0 Å². The molecule has 0 heterocycles. The number of anilines is 1. The number of nitrogens with one attached hydrogen (secondary N) is 1. The molecular formula is C19H20FNO4. The number of rotatable bonds is 6. The van der Waals surface area contributed by atoms with Crippen LogP contribution in [0, 0.1) is 17.7 Å². The molecule has 1 unspecified atom stereocenters. The number of aliphatic hydroxyl groups excluding tert-OH is 1. The molecule has 0 amide bonds. The summed E-state index contributed by atoms with van der Waals surface area (Å²) < 4.78 is 23.3. The third-order valence-corrected chi connectivity index (χ3v) is 3.44. The number of ether oxygens (including phenoxy) is 2. The molecule has 0 bridgehead atoms. The van der Waals surface area contributed by atoms with Crippen LogP contribution in [0.15, 0.2) is 36.4 Å². The van der Waals surface area contributed by atoms with Crippen LogP contribution in [-0.4, -0.2) is 37.1 Å². The van der Waals surface area contributed by atoms with Gasteiger partial charge < -0.3 is 25.0 Å². The maximum Gasteiger partial charge on any atom is 0.165 e. The highest BCUT2D eigenvalue weighted by Gasteiger charge is 2.06. The maximum atomic E-state index is 13.3. The van der Waals surface area contributed by atoms with Crippen LogP contribution in [0.2, 0.25) is 0 Å². The summed E-state index contributed by atoms with van der Waals surface area (Å²) in [6, 6.07) is 9.18. The lowest BCUT2D eigenvalue weighted by molar-refractivity contribution is 0.193. The number of halogens is 1. The van der Waals surface area contributed by atoms with Crippen molar-refractivity contribution in [2.75, 3.05) is 26.1 Å². The van der Waals surface area contributed by atoms with Crippen molar-refractivity contribution in [3.8, 4) is 29.1 Å². The largest absolute Gasteiger partial charge is 0.504 e. The molecule has 0 saturated carbocycles. The average Bonchev–Trinajstić information content (AvgIpc) is 2.62. The van der Waals surface area contributed by atoms with Crippen molar-refractivity contribution in [3.63, 3.8) is 0 Å². The second-order valence-electron chi connectivity index (χ2n) is 5.28. The van der Waals surface area contributed by atoms with E-state index in [0.717, 1.165) is 0 Å². The molecule has 2 aromatic rings. The predicted octanol–water partition coefficient (Wildman–Crippen LogP) is 2.76. The van der Waals surface area contributed by atoms with E-state index in [0.29, 0.717) is 17.0 Å². The van der Waals surface area contributed by atoms with Crippen LogP contribution < -0.4 is 14.8 Å². The molecule has 2 rings (SSSR count). The standard InChI is InChI=1S/C19H20FNO4/c1-24-18-11-14(7-8-16(18)20)21-12-15(22)5-3-4-13-6-9-17(23)19(10-13)25-2/h6-11,15,21-23H,5,12H2,1-2H3. The molecule has 0 aliphatic rings. The number of aromatic hydroxyl groups is 1. The zero-order chi connectivity index (χ0) is 18.2. The Morgan fingerprint density at radius 1 is 1.12 bits per heavy atom. The lowest BCUT2D eigenvalue weighted by atomic mass is 10.2. The zero-order valence-corrected chi connectivity index (χ0v) is 14.0. The predicted molar refractivity (Wildman–Crippen MR) is 93.6 cm³/mol. The van der Waals surface area contributed by atoms with Gasteiger partial charge in [0.2, 0.25) is 0 Å². The molecular weight excluding hydrogens is 325 g/mol. The summed E-state index contributed by atoms with van der Waals surface area (Å²) >= 11 is 0. The molecule has 0 aliphatic heterocycles. The van der Waals surface area contributed by atoms with E-state index in [9.17, 15) is 14.6 Å². The number of phenols is 1. The van der Waals surface area contributed by atoms with Crippen molar-refractivity contribution in [1.29, 1.82) is 0 Å². The van der Waals surface area contributed by atoms with Gasteiger partial charge in [0.25, 0.3) is 0 Å². The number of hydrogen-bond donors (Lipinski definition) is 3. The van der Waals surface area contributed by atoms with E-state index in [2.05, 4.69) is 17.2 Å². The molecule has 0 saturated heterocycles. The SMILES string of the molecule is COc1cc(C#CCC(O)CNc2ccc(F)c(OC)c2)ccc1O. The average molecular weight is 345 g/mol. The van der Waals surface area contributed by atoms with Gasteiger partial charge in [-0.2, -0.15) is 0 Å². The van der Waals surface area contributed by atoms with Crippen LogP contribution >= 0.6 is 0 Å². The summed E-state index contributed by atoms with van der Waals surface area (Å²) in [5, 5.41) is 22.5. The second kappa shape index (κ2) is 8.81. The van der Waals surface area contributed by atoms with Gasteiger partial charge in [0.1, 0.15) is 0 Å². The van der Waals surface area contributed by atoms with Gasteiger partial charge in [-0.1, -0.05) is 11.8 Å². The fourth-order valence-electron chi connectivity index (χ4n) is 2.10. The Labute approximate surface area is 146 Å². The quantitative estimate of drug-likeness (QED) is 0.702. The van der Waals surface area contributed by atoms with Crippen molar-refractivity contribution in [2.45, 2.75) is 12.5 Å². The third-order valence-electron chi connectivity index (χ3n) is 3.44. The molecule has 25 heavy (non-hydrogen) atoms. The van der Waals surface area contributed by atoms with Gasteiger partial charge in [0.15, 0.2) is 23.1 Å². The summed E-state index contributed by atoms with van der Waals surface area (Å²) in [6.07, 6.45) is -0.434. The van der Waals surface area contributed by atoms with Gasteiger partial charge in [-0.15, -0.1) is 0 Å². The highest BCUT2D eigenvalue weighted by atomic mass is 19.1. The van der Waals surface area contributed by atoms with Crippen LogP contribution in [-0.2, 0) is 0 Å². The fraction of sp³-hybridized carbons (Fsp3) is 0.263. The van der Waals surface area contributed by atoms with E-state index in [4.69, 9.17) is 9.47 Å². The van der Waals surface area contributed by atoms with Gasteiger partial charge in [0.05, 0.1) is 20.3 Å². The number of methoxy groups -OCH3 is 2. The lowest BCUT2D eigenvalue weighted by Gasteiger charge is -2.11. The van der Waals surface area contributed by atoms with Crippen LogP contribution in [0.4, 0.5) is 10.1 Å². The smallest absolute Gasteiger partial charge is 0.165 e. The van der Waals surface area contributed by atoms with Gasteiger partial charge >= 0.3 is 0 Å². The van der Waals surface area contributed by atoms with E-state index in [1.807, 2.05) is 0 Å². The van der Waals surface area contributed by atoms with E-state index in [1.54, 1.807) is 18.2 Å². The minimum Gasteiger partial charge on any atom is -0.504 e. The van der Waals surface area contributed by atoms with Gasteiger partial charge in [-0.05, 0) is 30.3 Å². The number of phenolic OH excluding ortho intramolecular Hbond substituents is 1. The topological polar surface area (TPSA) is 71.0 Å². The summed E-state index contributed by atoms with van der Waals surface area (Å²) in [7, 11) is 2.86. The summed E-state index contributed by atoms with van der Waals surface area (Å²) in [5.41, 5.74) is 1.33. The third kappa shape index (κ3) is 5.30. The van der Waals surface area contributed by atoms with E-state index in [-0.39, 0.29) is 24.5 Å². The molecule has 3 N–H and O–H groups in total. The normalized spacial score (nSPS) is 11.2. The Kier molecular flexibility index (Phi) is 6.49. The Balaban J connectivity index is 1.88. The molecule has 6 heteroatoms. The Morgan fingerprint density at radius 2 is 1.88 bits per heavy atom. The molecule has 0 radical (unpaired) electrons. The number of benzene rings is 2. The van der Waals surface area contributed by atoms with Gasteiger partial charge in [-0.25, -0.2) is 4.39 Å². The monoisotopic (exact) mass is 345 g/mol. The first kappa shape index (κ1) is 18.4. The minimum absolute atomic E-state index is 0.0482. The van der Waals surface area contributed by atoms with E-state index < -0.39 is 11.9 Å². The molecule has 0 aliphatic carbocycles. The van der Waals surface area contributed by atoms with Gasteiger partial charge in [-0.3, -0.25) is 0 Å². The summed E-state index contributed by atoms with van der Waals surface area (Å²) in [5.74, 6) is 5.87. The van der Waals surface area contributed by atoms with Crippen LogP contribution in [0.5, 0.6) is 17.2 Å². The van der Waals surface area contributed by atoms with E-state index in [1.165, 1.54) is 32.4 Å². The molecule has 0 fully saturated rings. The molecule has 132 valence electrons. The molecule has 0 aromatic heterocycles. The van der Waals surface area contributed by atoms with Crippen molar-refractivity contribution >= 4 is 5.69 Å². The molecule has 2 aromatic carbocycles. The zero-order valence-electron chi connectivity index (χ0n) is 14.0. The Hall–Kier alpha value is -2.91. The highest BCUT2D eigenvalue weighted by Crippen LogP contribution is 2.25. The first-order valence-corrected chi connectivity index (χ1v) is 7.65. The van der Waals surface area contributed by atoms with E-state index >= 15 is 0 Å². The highest BCUT2D eigenvalue weighted by molar-refractivity contribution is 5.49.